The van der Waals surface area contributed by atoms with Gasteiger partial charge >= 0.3 is 18.1 Å². The molecule has 56 heavy (non-hydrogen) atoms. The van der Waals surface area contributed by atoms with E-state index in [1.165, 1.54) is 49.9 Å². The second-order valence-electron chi connectivity index (χ2n) is 14.1. The molecule has 9 nitrogen and oxygen atoms in total. The molecule has 0 aromatic heterocycles. The Bertz CT molecular complexity index is 1300. The Morgan fingerprint density at radius 2 is 0.964 bits per heavy atom. The van der Waals surface area contributed by atoms with Crippen LogP contribution in [0.2, 0.25) is 0 Å². The van der Waals surface area contributed by atoms with Gasteiger partial charge in [0.25, 0.3) is 0 Å². The molecular formula is C47H71NO8. The molecule has 0 saturated heterocycles. The van der Waals surface area contributed by atoms with Crippen LogP contribution in [0.1, 0.15) is 155 Å². The zero-order valence-electron chi connectivity index (χ0n) is 34.6. The molecule has 1 rings (SSSR count). The van der Waals surface area contributed by atoms with Gasteiger partial charge in [0.05, 0.1) is 5.92 Å². The molecule has 9 heteroatoms. The average Bonchev–Trinajstić information content (AvgIpc) is 3.20. The molecule has 0 heterocycles. The summed E-state index contributed by atoms with van der Waals surface area (Å²) in [6.45, 7) is 4.08. The van der Waals surface area contributed by atoms with Gasteiger partial charge in [-0.05, 0) is 106 Å². The molecule has 0 spiro atoms. The van der Waals surface area contributed by atoms with Crippen LogP contribution in [0.3, 0.4) is 0 Å². The van der Waals surface area contributed by atoms with E-state index in [1.54, 1.807) is 0 Å². The van der Waals surface area contributed by atoms with E-state index < -0.39 is 12.1 Å². The van der Waals surface area contributed by atoms with Gasteiger partial charge in [-0.2, -0.15) is 0 Å². The first-order valence-electron chi connectivity index (χ1n) is 21.3. The molecule has 1 atom stereocenters. The van der Waals surface area contributed by atoms with Gasteiger partial charge < -0.3 is 18.9 Å². The quantitative estimate of drug-likeness (QED) is 0.0167. The zero-order chi connectivity index (χ0) is 40.6. The third-order valence-electron chi connectivity index (χ3n) is 8.90. The highest BCUT2D eigenvalue weighted by molar-refractivity contribution is 5.70. The molecule has 1 unspecified atom stereocenters. The predicted octanol–water partition coefficient (Wildman–Crippen LogP) is 13.7. The maximum atomic E-state index is 12.5. The van der Waals surface area contributed by atoms with Gasteiger partial charge in [-0.3, -0.25) is 9.59 Å². The number of carbonyl (C=O) groups is 3. The number of rotatable bonds is 35. The lowest BCUT2D eigenvalue weighted by Gasteiger charge is -2.17. The van der Waals surface area contributed by atoms with E-state index in [9.17, 15) is 19.3 Å². The van der Waals surface area contributed by atoms with Gasteiger partial charge in [-0.1, -0.05) is 126 Å². The smallest absolute Gasteiger partial charge is 0.465 e. The Kier molecular flexibility index (Phi) is 33.4. The van der Waals surface area contributed by atoms with Crippen molar-refractivity contribution >= 4 is 23.8 Å². The fourth-order valence-corrected chi connectivity index (χ4v) is 5.57. The third-order valence-corrected chi connectivity index (χ3v) is 8.90. The number of unbranched alkanes of at least 4 members (excludes halogenated alkanes) is 13. The zero-order valence-corrected chi connectivity index (χ0v) is 34.6. The molecule has 0 aliphatic rings. The highest BCUT2D eigenvalue weighted by atomic mass is 16.7. The molecule has 0 radical (unpaired) electrons. The monoisotopic (exact) mass is 778 g/mol. The Balaban J connectivity index is 2.33. The van der Waals surface area contributed by atoms with Crippen molar-refractivity contribution < 1.29 is 33.3 Å². The van der Waals surface area contributed by atoms with Crippen LogP contribution in [0.5, 0.6) is 5.75 Å². The summed E-state index contributed by atoms with van der Waals surface area (Å²) >= 11 is 0. The SMILES string of the molecule is CC/C=C\C/C=C\C/C=C\CCCCCCCC(=O)OCC(COC(=O)CCCCCCC/C=C\C/C=C\CCCCC)COC(=O)Oc1ccc(N=O)cc1. The molecule has 1 aromatic rings. The highest BCUT2D eigenvalue weighted by Gasteiger charge is 2.19. The molecule has 0 bridgehead atoms. The molecule has 1 aromatic carbocycles. The van der Waals surface area contributed by atoms with Crippen molar-refractivity contribution in [2.24, 2.45) is 11.1 Å². The first-order chi connectivity index (χ1) is 27.5. The van der Waals surface area contributed by atoms with Gasteiger partial charge in [-0.15, -0.1) is 4.91 Å². The second-order valence-corrected chi connectivity index (χ2v) is 14.1. The van der Waals surface area contributed by atoms with Gasteiger partial charge in [0, 0.05) is 12.8 Å². The van der Waals surface area contributed by atoms with E-state index in [1.807, 2.05) is 0 Å². The highest BCUT2D eigenvalue weighted by Crippen LogP contribution is 2.18. The number of hydrogen-bond donors (Lipinski definition) is 0. The Morgan fingerprint density at radius 1 is 0.536 bits per heavy atom. The Hall–Kier alpha value is -4.27. The number of nitroso groups, excluding NO2 is 1. The minimum Gasteiger partial charge on any atom is -0.465 e. The van der Waals surface area contributed by atoms with Crippen molar-refractivity contribution in [3.63, 3.8) is 0 Å². The molecule has 0 N–H and O–H groups in total. The van der Waals surface area contributed by atoms with Crippen LogP contribution in [-0.4, -0.2) is 37.9 Å². The van der Waals surface area contributed by atoms with Crippen LogP contribution in [0.4, 0.5) is 10.5 Å². The maximum absolute atomic E-state index is 12.5. The van der Waals surface area contributed by atoms with E-state index in [2.05, 4.69) is 79.8 Å². The lowest BCUT2D eigenvalue weighted by molar-refractivity contribution is -0.150. The van der Waals surface area contributed by atoms with E-state index in [-0.39, 0.29) is 43.2 Å². The summed E-state index contributed by atoms with van der Waals surface area (Å²) in [5, 5.41) is 2.82. The number of allylic oxidation sites excluding steroid dienone is 10. The van der Waals surface area contributed by atoms with Gasteiger partial charge in [0.1, 0.15) is 31.3 Å². The largest absolute Gasteiger partial charge is 0.513 e. The lowest BCUT2D eigenvalue weighted by Crippen LogP contribution is -2.27. The maximum Gasteiger partial charge on any atom is 0.513 e. The lowest BCUT2D eigenvalue weighted by atomic mass is 10.1. The Labute approximate surface area is 338 Å². The van der Waals surface area contributed by atoms with Crippen molar-refractivity contribution in [3.8, 4) is 5.75 Å². The molecule has 312 valence electrons. The van der Waals surface area contributed by atoms with Crippen LogP contribution in [0, 0.1) is 10.8 Å². The fourth-order valence-electron chi connectivity index (χ4n) is 5.57. The fraction of sp³-hybridized carbons (Fsp3) is 0.596. The predicted molar refractivity (Wildman–Crippen MR) is 228 cm³/mol. The van der Waals surface area contributed by atoms with Crippen molar-refractivity contribution in [1.82, 2.24) is 0 Å². The van der Waals surface area contributed by atoms with Crippen molar-refractivity contribution in [2.75, 3.05) is 19.8 Å². The van der Waals surface area contributed by atoms with Gasteiger partial charge in [0.15, 0.2) is 0 Å². The summed E-state index contributed by atoms with van der Waals surface area (Å²) in [5.74, 6) is -1.03. The van der Waals surface area contributed by atoms with E-state index in [0.29, 0.717) is 12.8 Å². The molecule has 0 aliphatic heterocycles. The minimum absolute atomic E-state index is 0.0552. The number of nitrogens with zero attached hydrogens (tertiary/aromatic N) is 1. The van der Waals surface area contributed by atoms with Gasteiger partial charge in [0.2, 0.25) is 0 Å². The molecule has 0 fully saturated rings. The van der Waals surface area contributed by atoms with Crippen molar-refractivity contribution in [3.05, 3.63) is 89.9 Å². The van der Waals surface area contributed by atoms with Crippen LogP contribution in [-0.2, 0) is 23.8 Å². The van der Waals surface area contributed by atoms with Crippen molar-refractivity contribution in [1.29, 1.82) is 0 Å². The van der Waals surface area contributed by atoms with E-state index in [0.717, 1.165) is 103 Å². The summed E-state index contributed by atoms with van der Waals surface area (Å²) in [7, 11) is 0. The van der Waals surface area contributed by atoms with Gasteiger partial charge in [-0.25, -0.2) is 4.79 Å². The second kappa shape index (κ2) is 37.6. The number of hydrogen-bond acceptors (Lipinski definition) is 9. The van der Waals surface area contributed by atoms with E-state index >= 15 is 0 Å². The number of esters is 2. The number of ether oxygens (including phenoxy) is 4. The summed E-state index contributed by atoms with van der Waals surface area (Å²) < 4.78 is 21.4. The van der Waals surface area contributed by atoms with Crippen molar-refractivity contribution in [2.45, 2.75) is 155 Å². The summed E-state index contributed by atoms with van der Waals surface area (Å²) in [4.78, 5) is 48.0. The molecule has 0 saturated carbocycles. The van der Waals surface area contributed by atoms with Crippen LogP contribution in [0.15, 0.2) is 90.2 Å². The first kappa shape index (κ1) is 49.7. The topological polar surface area (TPSA) is 118 Å². The first-order valence-corrected chi connectivity index (χ1v) is 21.3. The molecular weight excluding hydrogens is 707 g/mol. The summed E-state index contributed by atoms with van der Waals surface area (Å²) in [6, 6.07) is 5.68. The van der Waals surface area contributed by atoms with Crippen LogP contribution >= 0.6 is 0 Å². The third kappa shape index (κ3) is 32.0. The Morgan fingerprint density at radius 3 is 1.45 bits per heavy atom. The summed E-state index contributed by atoms with van der Waals surface area (Å²) in [6.07, 6.45) is 43.0. The number of carbonyl (C=O) groups excluding carboxylic acids is 3. The van der Waals surface area contributed by atoms with Crippen LogP contribution in [0.25, 0.3) is 0 Å². The van der Waals surface area contributed by atoms with Crippen LogP contribution < -0.4 is 4.74 Å². The van der Waals surface area contributed by atoms with E-state index in [4.69, 9.17) is 18.9 Å². The molecule has 0 amide bonds. The average molecular weight is 778 g/mol. The normalized spacial score (nSPS) is 12.3. The number of benzene rings is 1. The minimum atomic E-state index is -0.965. The standard InChI is InChI=1S/C47H71NO8/c1-3-5-7-9-11-13-15-17-19-21-23-25-27-29-31-33-45(49)53-39-42(41-55-47(51)56-44-37-35-43(48-52)36-38-44)40-54-46(50)34-32-30-28-26-24-22-20-18-16-14-12-10-8-6-4-2/h5,7,11-14,17-20,35-38,42H,3-4,6,8-10,15-16,21-34,39-41H2,1-2H3/b7-5-,13-11-,14-12-,19-17-,20-18-. The molecule has 0 aliphatic carbocycles. The summed E-state index contributed by atoms with van der Waals surface area (Å²) in [5.41, 5.74) is 0.201.